The first-order valence-electron chi connectivity index (χ1n) is 12.1. The van der Waals surface area contributed by atoms with Gasteiger partial charge in [-0.15, -0.1) is 0 Å². The lowest BCUT2D eigenvalue weighted by molar-refractivity contribution is -0.150. The van der Waals surface area contributed by atoms with E-state index in [1.54, 1.807) is 25.7 Å². The molecule has 3 aliphatic heterocycles. The number of cyclic esters (lactones) is 1. The lowest BCUT2D eigenvalue weighted by Gasteiger charge is -2.34. The largest absolute Gasteiger partial charge is 0.480 e. The van der Waals surface area contributed by atoms with E-state index in [-0.39, 0.29) is 19.6 Å². The van der Waals surface area contributed by atoms with Gasteiger partial charge in [0, 0.05) is 24.9 Å². The van der Waals surface area contributed by atoms with Crippen molar-refractivity contribution in [2.45, 2.75) is 71.3 Å². The molecule has 3 heterocycles. The average Bonchev–Trinajstić information content (AvgIpc) is 3.43. The number of alkyl carbamates (subject to hydrolysis) is 1. The second-order valence-electron chi connectivity index (χ2n) is 10.4. The Balaban J connectivity index is 1.62. The first-order valence-corrected chi connectivity index (χ1v) is 12.1. The van der Waals surface area contributed by atoms with Gasteiger partial charge in [-0.3, -0.25) is 9.69 Å². The number of nitrogens with zero attached hydrogens (tertiary/aromatic N) is 2. The smallest absolute Gasteiger partial charge is 0.410 e. The topological polar surface area (TPSA) is 125 Å². The Kier molecular flexibility index (Phi) is 7.11. The van der Waals surface area contributed by atoms with Crippen molar-refractivity contribution in [3.8, 4) is 11.8 Å². The standard InChI is InChI=1S/C26H31N3O7/c1-26(2,3)21-22(30)29-14-18(12-20(29)23(31)32)36-25(34)28-13-17-10-7-9-16(19(17)15-28)8-5-4-6-11-35-24(33)27-21/h7,9-10,18,20-21H,4,6,11-15H2,1-3H3,(H,27,33)(H,31,32)/t18-,20+,21-/m1/s1. The predicted molar refractivity (Wildman–Crippen MR) is 128 cm³/mol. The molecule has 192 valence electrons. The molecule has 1 fully saturated rings. The van der Waals surface area contributed by atoms with Gasteiger partial charge in [0.15, 0.2) is 0 Å². The fourth-order valence-corrected chi connectivity index (χ4v) is 4.70. The Morgan fingerprint density at radius 1 is 1.19 bits per heavy atom. The highest BCUT2D eigenvalue weighted by Gasteiger charge is 2.46. The van der Waals surface area contributed by atoms with Crippen molar-refractivity contribution in [2.75, 3.05) is 13.2 Å². The maximum atomic E-state index is 13.5. The van der Waals surface area contributed by atoms with Crippen LogP contribution in [-0.4, -0.2) is 70.3 Å². The number of rotatable bonds is 1. The van der Waals surface area contributed by atoms with Crippen LogP contribution in [0.3, 0.4) is 0 Å². The monoisotopic (exact) mass is 497 g/mol. The summed E-state index contributed by atoms with van der Waals surface area (Å²) >= 11 is 0. The number of carboxylic acids is 1. The van der Waals surface area contributed by atoms with E-state index >= 15 is 0 Å². The van der Waals surface area contributed by atoms with Crippen LogP contribution in [0.4, 0.5) is 9.59 Å². The van der Waals surface area contributed by atoms with E-state index in [0.29, 0.717) is 25.9 Å². The molecule has 10 nitrogen and oxygen atoms in total. The minimum Gasteiger partial charge on any atom is -0.480 e. The Hall–Kier alpha value is -3.74. The third kappa shape index (κ3) is 5.40. The van der Waals surface area contributed by atoms with Crippen molar-refractivity contribution >= 4 is 24.1 Å². The molecule has 4 bridgehead atoms. The number of carbonyl (C=O) groups excluding carboxylic acids is 3. The maximum Gasteiger partial charge on any atom is 0.410 e. The molecular weight excluding hydrogens is 466 g/mol. The number of carbonyl (C=O) groups is 4. The summed E-state index contributed by atoms with van der Waals surface area (Å²) in [6.45, 7) is 6.05. The molecule has 3 amide bonds. The molecule has 36 heavy (non-hydrogen) atoms. The fourth-order valence-electron chi connectivity index (χ4n) is 4.70. The molecule has 4 rings (SSSR count). The minimum atomic E-state index is -1.20. The van der Waals surface area contributed by atoms with Gasteiger partial charge in [-0.05, 0) is 29.0 Å². The first-order chi connectivity index (χ1) is 17.0. The number of nitrogens with one attached hydrogen (secondary N) is 1. The van der Waals surface area contributed by atoms with E-state index in [0.717, 1.165) is 16.7 Å². The predicted octanol–water partition coefficient (Wildman–Crippen LogP) is 2.48. The maximum absolute atomic E-state index is 13.5. The van der Waals surface area contributed by atoms with Gasteiger partial charge in [-0.2, -0.15) is 0 Å². The van der Waals surface area contributed by atoms with Gasteiger partial charge >= 0.3 is 18.2 Å². The van der Waals surface area contributed by atoms with E-state index in [9.17, 15) is 24.3 Å². The first kappa shape index (κ1) is 25.4. The van der Waals surface area contributed by atoms with Gasteiger partial charge in [0.05, 0.1) is 19.7 Å². The summed E-state index contributed by atoms with van der Waals surface area (Å²) in [5.41, 5.74) is 2.04. The molecule has 0 spiro atoms. The number of hydrogen-bond acceptors (Lipinski definition) is 6. The Labute approximate surface area is 209 Å². The molecule has 0 aliphatic carbocycles. The molecule has 1 saturated heterocycles. The van der Waals surface area contributed by atoms with Crippen molar-refractivity contribution in [2.24, 2.45) is 5.41 Å². The lowest BCUT2D eigenvalue weighted by Crippen LogP contribution is -2.57. The SMILES string of the molecule is CC(C)(C)[C@@H]1NC(=O)OCCCC#Cc2cccc3c2CN(C3)C(=O)O[C@@H]2C[C@@H](C(=O)O)N(C2)C1=O. The number of aliphatic carboxylic acids is 1. The van der Waals surface area contributed by atoms with Crippen LogP contribution in [0.2, 0.25) is 0 Å². The van der Waals surface area contributed by atoms with E-state index in [1.807, 2.05) is 18.2 Å². The number of benzene rings is 1. The minimum absolute atomic E-state index is 0.0361. The molecule has 0 unspecified atom stereocenters. The van der Waals surface area contributed by atoms with E-state index < -0.39 is 47.7 Å². The highest BCUT2D eigenvalue weighted by atomic mass is 16.6. The zero-order valence-corrected chi connectivity index (χ0v) is 20.7. The molecule has 10 heteroatoms. The third-order valence-electron chi connectivity index (χ3n) is 6.62. The summed E-state index contributed by atoms with van der Waals surface area (Å²) in [5.74, 6) is 4.48. The molecule has 1 aromatic rings. The molecule has 1 aromatic carbocycles. The van der Waals surface area contributed by atoms with Crippen molar-refractivity contribution in [1.29, 1.82) is 0 Å². The van der Waals surface area contributed by atoms with Crippen molar-refractivity contribution in [3.63, 3.8) is 0 Å². The van der Waals surface area contributed by atoms with Crippen LogP contribution in [-0.2, 0) is 32.2 Å². The number of ether oxygens (including phenoxy) is 2. The summed E-state index contributed by atoms with van der Waals surface area (Å²) in [7, 11) is 0. The van der Waals surface area contributed by atoms with Crippen LogP contribution < -0.4 is 5.32 Å². The molecule has 3 aliphatic rings. The van der Waals surface area contributed by atoms with Gasteiger partial charge < -0.3 is 24.8 Å². The highest BCUT2D eigenvalue weighted by molar-refractivity contribution is 5.90. The van der Waals surface area contributed by atoms with Crippen LogP contribution in [0.5, 0.6) is 0 Å². The molecular formula is C26H31N3O7. The zero-order valence-electron chi connectivity index (χ0n) is 20.7. The average molecular weight is 498 g/mol. The van der Waals surface area contributed by atoms with Crippen molar-refractivity contribution < 1.29 is 33.8 Å². The summed E-state index contributed by atoms with van der Waals surface area (Å²) < 4.78 is 10.9. The van der Waals surface area contributed by atoms with Crippen molar-refractivity contribution in [1.82, 2.24) is 15.1 Å². The fraction of sp³-hybridized carbons (Fsp3) is 0.538. The normalized spacial score (nSPS) is 25.0. The lowest BCUT2D eigenvalue weighted by atomic mass is 9.85. The molecule has 3 atom stereocenters. The van der Waals surface area contributed by atoms with Crippen LogP contribution in [0.15, 0.2) is 18.2 Å². The van der Waals surface area contributed by atoms with E-state index in [2.05, 4.69) is 17.2 Å². The van der Waals surface area contributed by atoms with Crippen LogP contribution >= 0.6 is 0 Å². The highest BCUT2D eigenvalue weighted by Crippen LogP contribution is 2.30. The van der Waals surface area contributed by atoms with Gasteiger partial charge in [-0.1, -0.05) is 44.7 Å². The quantitative estimate of drug-likeness (QED) is 0.571. The number of fused-ring (bicyclic) bond motifs is 3. The molecule has 0 radical (unpaired) electrons. The molecule has 2 N–H and O–H groups in total. The van der Waals surface area contributed by atoms with Gasteiger partial charge in [0.1, 0.15) is 18.2 Å². The number of amides is 3. The van der Waals surface area contributed by atoms with Gasteiger partial charge in [0.25, 0.3) is 0 Å². The van der Waals surface area contributed by atoms with Crippen molar-refractivity contribution in [3.05, 3.63) is 34.9 Å². The van der Waals surface area contributed by atoms with Gasteiger partial charge in [0.2, 0.25) is 5.91 Å². The summed E-state index contributed by atoms with van der Waals surface area (Å²) in [4.78, 5) is 53.7. The number of hydrogen-bond donors (Lipinski definition) is 2. The number of carboxylic acid groups (broad SMARTS) is 1. The Morgan fingerprint density at radius 2 is 1.97 bits per heavy atom. The summed E-state index contributed by atoms with van der Waals surface area (Å²) in [6.07, 6.45) is -1.15. The summed E-state index contributed by atoms with van der Waals surface area (Å²) in [6, 6.07) is 3.52. The Morgan fingerprint density at radius 3 is 2.69 bits per heavy atom. The van der Waals surface area contributed by atoms with Crippen LogP contribution in [0, 0.1) is 17.3 Å². The molecule has 0 saturated carbocycles. The van der Waals surface area contributed by atoms with Crippen LogP contribution in [0.25, 0.3) is 0 Å². The Bertz CT molecular complexity index is 1130. The second-order valence-corrected chi connectivity index (χ2v) is 10.4. The molecule has 0 aromatic heterocycles. The summed E-state index contributed by atoms with van der Waals surface area (Å²) in [5, 5.41) is 12.4. The van der Waals surface area contributed by atoms with Gasteiger partial charge in [-0.25, -0.2) is 14.4 Å². The van der Waals surface area contributed by atoms with E-state index in [1.165, 1.54) is 4.90 Å². The third-order valence-corrected chi connectivity index (χ3v) is 6.62. The van der Waals surface area contributed by atoms with E-state index in [4.69, 9.17) is 9.47 Å². The zero-order chi connectivity index (χ0) is 26.0. The van der Waals surface area contributed by atoms with Crippen LogP contribution in [0.1, 0.15) is 56.7 Å². The second kappa shape index (κ2) is 10.1.